The van der Waals surface area contributed by atoms with Crippen LogP contribution in [0.5, 0.6) is 5.75 Å². The zero-order chi connectivity index (χ0) is 18.5. The third-order valence-corrected chi connectivity index (χ3v) is 4.89. The van der Waals surface area contributed by atoms with Crippen LogP contribution in [-0.2, 0) is 11.2 Å². The lowest BCUT2D eigenvalue weighted by atomic mass is 10.1. The molecule has 0 saturated heterocycles. The molecule has 134 valence electrons. The van der Waals surface area contributed by atoms with Gasteiger partial charge in [-0.15, -0.1) is 11.3 Å². The minimum atomic E-state index is -0.336. The molecule has 0 radical (unpaired) electrons. The molecular weight excluding hydrogens is 351 g/mol. The van der Waals surface area contributed by atoms with Gasteiger partial charge in [0.2, 0.25) is 5.91 Å². The number of halogens is 1. The summed E-state index contributed by atoms with van der Waals surface area (Å²) in [7, 11) is 1.64. The predicted octanol–water partition coefficient (Wildman–Crippen LogP) is 4.96. The number of carbonyl (C=O) groups is 1. The van der Waals surface area contributed by atoms with Gasteiger partial charge in [-0.3, -0.25) is 9.69 Å². The molecule has 0 saturated carbocycles. The van der Waals surface area contributed by atoms with Crippen LogP contribution in [0.3, 0.4) is 0 Å². The van der Waals surface area contributed by atoms with Gasteiger partial charge in [-0.25, -0.2) is 9.37 Å². The van der Waals surface area contributed by atoms with Crippen molar-refractivity contribution >= 4 is 28.1 Å². The predicted molar refractivity (Wildman–Crippen MR) is 102 cm³/mol. The first kappa shape index (κ1) is 18.1. The SMILES string of the molecule is CCC(=O)N(c1ccc(F)cc1)c1ncc(Cc2ccc(OC)cc2)s1. The molecule has 0 aliphatic rings. The summed E-state index contributed by atoms with van der Waals surface area (Å²) < 4.78 is 18.4. The quantitative estimate of drug-likeness (QED) is 0.616. The fourth-order valence-electron chi connectivity index (χ4n) is 2.54. The van der Waals surface area contributed by atoms with Crippen molar-refractivity contribution in [3.63, 3.8) is 0 Å². The molecule has 0 aliphatic heterocycles. The fraction of sp³-hybridized carbons (Fsp3) is 0.200. The Labute approximate surface area is 155 Å². The van der Waals surface area contributed by atoms with Gasteiger partial charge in [-0.05, 0) is 42.0 Å². The molecule has 0 atom stereocenters. The normalized spacial score (nSPS) is 10.6. The molecule has 0 N–H and O–H groups in total. The summed E-state index contributed by atoms with van der Waals surface area (Å²) in [4.78, 5) is 19.4. The molecule has 2 aromatic carbocycles. The molecular formula is C20H19FN2O2S. The van der Waals surface area contributed by atoms with Gasteiger partial charge in [0.25, 0.3) is 0 Å². The number of carbonyl (C=O) groups excluding carboxylic acids is 1. The Balaban J connectivity index is 1.84. The van der Waals surface area contributed by atoms with Gasteiger partial charge < -0.3 is 4.74 Å². The maximum atomic E-state index is 13.2. The number of nitrogens with zero attached hydrogens (tertiary/aromatic N) is 2. The van der Waals surface area contributed by atoms with Crippen molar-refractivity contribution in [2.75, 3.05) is 12.0 Å². The summed E-state index contributed by atoms with van der Waals surface area (Å²) in [6, 6.07) is 13.7. The molecule has 6 heteroatoms. The van der Waals surface area contributed by atoms with Crippen molar-refractivity contribution in [3.05, 3.63) is 71.0 Å². The maximum absolute atomic E-state index is 13.2. The number of hydrogen-bond acceptors (Lipinski definition) is 4. The molecule has 0 unspecified atom stereocenters. The van der Waals surface area contributed by atoms with E-state index in [2.05, 4.69) is 4.98 Å². The molecule has 4 nitrogen and oxygen atoms in total. The van der Waals surface area contributed by atoms with Gasteiger partial charge in [-0.2, -0.15) is 0 Å². The zero-order valence-electron chi connectivity index (χ0n) is 14.6. The number of amides is 1. The van der Waals surface area contributed by atoms with Crippen LogP contribution in [0.1, 0.15) is 23.8 Å². The van der Waals surface area contributed by atoms with Crippen LogP contribution in [0.4, 0.5) is 15.2 Å². The lowest BCUT2D eigenvalue weighted by molar-refractivity contribution is -0.117. The van der Waals surface area contributed by atoms with Crippen molar-refractivity contribution in [1.82, 2.24) is 4.98 Å². The van der Waals surface area contributed by atoms with Gasteiger partial charge >= 0.3 is 0 Å². The number of ether oxygens (including phenoxy) is 1. The van der Waals surface area contributed by atoms with E-state index in [1.807, 2.05) is 24.3 Å². The fourth-order valence-corrected chi connectivity index (χ4v) is 3.52. The molecule has 0 aliphatic carbocycles. The van der Waals surface area contributed by atoms with E-state index in [0.29, 0.717) is 17.2 Å². The van der Waals surface area contributed by atoms with E-state index in [0.717, 1.165) is 22.6 Å². The molecule has 26 heavy (non-hydrogen) atoms. The van der Waals surface area contributed by atoms with Gasteiger partial charge in [0.15, 0.2) is 5.13 Å². The molecule has 0 fully saturated rings. The highest BCUT2D eigenvalue weighted by atomic mass is 32.1. The Kier molecular flexibility index (Phi) is 5.63. The standard InChI is InChI=1S/C20H19FN2O2S/c1-3-19(24)23(16-8-6-15(21)7-9-16)20-22-13-18(26-20)12-14-4-10-17(25-2)11-5-14/h4-11,13H,3,12H2,1-2H3. The first-order valence-corrected chi connectivity index (χ1v) is 9.08. The third kappa shape index (κ3) is 4.08. The second-order valence-electron chi connectivity index (χ2n) is 5.69. The lowest BCUT2D eigenvalue weighted by Gasteiger charge is -2.19. The Morgan fingerprint density at radius 1 is 1.15 bits per heavy atom. The molecule has 0 spiro atoms. The number of methoxy groups -OCH3 is 1. The Bertz CT molecular complexity index is 876. The van der Waals surface area contributed by atoms with Gasteiger partial charge in [-0.1, -0.05) is 19.1 Å². The summed E-state index contributed by atoms with van der Waals surface area (Å²) in [5, 5.41) is 0.590. The van der Waals surface area contributed by atoms with E-state index in [9.17, 15) is 9.18 Å². The van der Waals surface area contributed by atoms with Crippen molar-refractivity contribution in [2.45, 2.75) is 19.8 Å². The first-order valence-electron chi connectivity index (χ1n) is 8.27. The molecule has 1 aromatic heterocycles. The highest BCUT2D eigenvalue weighted by Gasteiger charge is 2.20. The minimum Gasteiger partial charge on any atom is -0.497 e. The second kappa shape index (κ2) is 8.10. The number of anilines is 2. The summed E-state index contributed by atoms with van der Waals surface area (Å²) >= 11 is 1.46. The number of benzene rings is 2. The monoisotopic (exact) mass is 370 g/mol. The van der Waals surface area contributed by atoms with Crippen molar-refractivity contribution in [3.8, 4) is 5.75 Å². The van der Waals surface area contributed by atoms with Crippen LogP contribution in [0, 0.1) is 5.82 Å². The van der Waals surface area contributed by atoms with Gasteiger partial charge in [0, 0.05) is 23.9 Å². The van der Waals surface area contributed by atoms with Crippen LogP contribution < -0.4 is 9.64 Å². The van der Waals surface area contributed by atoms with Crippen LogP contribution in [0.2, 0.25) is 0 Å². The van der Waals surface area contributed by atoms with Gasteiger partial charge in [0.1, 0.15) is 11.6 Å². The molecule has 0 bridgehead atoms. The summed E-state index contributed by atoms with van der Waals surface area (Å²) in [6.07, 6.45) is 2.84. The Hall–Kier alpha value is -2.73. The smallest absolute Gasteiger partial charge is 0.233 e. The topological polar surface area (TPSA) is 42.4 Å². The van der Waals surface area contributed by atoms with Gasteiger partial charge in [0.05, 0.1) is 12.8 Å². The summed E-state index contributed by atoms with van der Waals surface area (Å²) in [6.45, 7) is 1.80. The highest BCUT2D eigenvalue weighted by Crippen LogP contribution is 2.31. The maximum Gasteiger partial charge on any atom is 0.233 e. The zero-order valence-corrected chi connectivity index (χ0v) is 15.4. The van der Waals surface area contributed by atoms with Crippen molar-refractivity contribution < 1.29 is 13.9 Å². The Morgan fingerprint density at radius 3 is 2.46 bits per heavy atom. The van der Waals surface area contributed by atoms with Crippen molar-refractivity contribution in [1.29, 1.82) is 0 Å². The summed E-state index contributed by atoms with van der Waals surface area (Å²) in [5.74, 6) is 0.397. The first-order chi connectivity index (χ1) is 12.6. The van der Waals surface area contributed by atoms with Crippen LogP contribution in [0.25, 0.3) is 0 Å². The molecule has 3 aromatic rings. The lowest BCUT2D eigenvalue weighted by Crippen LogP contribution is -2.24. The van der Waals surface area contributed by atoms with Crippen LogP contribution >= 0.6 is 11.3 Å². The van der Waals surface area contributed by atoms with E-state index in [1.54, 1.807) is 37.3 Å². The number of thiazole rings is 1. The van der Waals surface area contributed by atoms with E-state index in [-0.39, 0.29) is 11.7 Å². The highest BCUT2D eigenvalue weighted by molar-refractivity contribution is 7.15. The minimum absolute atomic E-state index is 0.0815. The van der Waals surface area contributed by atoms with E-state index in [4.69, 9.17) is 4.74 Å². The molecule has 1 amide bonds. The van der Waals surface area contributed by atoms with Crippen LogP contribution in [0.15, 0.2) is 54.7 Å². The second-order valence-corrected chi connectivity index (χ2v) is 6.79. The van der Waals surface area contributed by atoms with E-state index >= 15 is 0 Å². The number of hydrogen-bond donors (Lipinski definition) is 0. The number of rotatable bonds is 6. The molecule has 1 heterocycles. The van der Waals surface area contributed by atoms with E-state index < -0.39 is 0 Å². The van der Waals surface area contributed by atoms with Crippen LogP contribution in [-0.4, -0.2) is 18.0 Å². The Morgan fingerprint density at radius 2 is 1.85 bits per heavy atom. The summed E-state index contributed by atoms with van der Waals surface area (Å²) in [5.41, 5.74) is 1.75. The average molecular weight is 370 g/mol. The average Bonchev–Trinajstić information content (AvgIpc) is 3.12. The van der Waals surface area contributed by atoms with E-state index in [1.165, 1.54) is 23.5 Å². The third-order valence-electron chi connectivity index (χ3n) is 3.91. The molecule has 3 rings (SSSR count). The van der Waals surface area contributed by atoms with Crippen molar-refractivity contribution in [2.24, 2.45) is 0 Å². The number of aromatic nitrogens is 1. The largest absolute Gasteiger partial charge is 0.497 e.